The highest BCUT2D eigenvalue weighted by Crippen LogP contribution is 2.12. The molecule has 4 nitrogen and oxygen atoms in total. The van der Waals surface area contributed by atoms with Gasteiger partial charge >= 0.3 is 5.97 Å². The number of benzene rings is 1. The second-order valence-corrected chi connectivity index (χ2v) is 3.55. The molecule has 0 saturated carbocycles. The first kappa shape index (κ1) is 13.4. The molecular weight excluding hydrogens is 220 g/mol. The van der Waals surface area contributed by atoms with Crippen LogP contribution in [0.25, 0.3) is 6.08 Å². The largest absolute Gasteiger partial charge is 0.465 e. The Morgan fingerprint density at radius 1 is 1.47 bits per heavy atom. The van der Waals surface area contributed by atoms with Gasteiger partial charge in [-0.15, -0.1) is 0 Å². The molecule has 0 unspecified atom stereocenters. The summed E-state index contributed by atoms with van der Waals surface area (Å²) in [6, 6.07) is 7.03. The van der Waals surface area contributed by atoms with E-state index in [4.69, 9.17) is 10.2 Å². The van der Waals surface area contributed by atoms with E-state index in [1.165, 1.54) is 7.11 Å². The second-order valence-electron chi connectivity index (χ2n) is 3.55. The number of ether oxygens (including phenoxy) is 1. The summed E-state index contributed by atoms with van der Waals surface area (Å²) in [4.78, 5) is 11.4. The van der Waals surface area contributed by atoms with Gasteiger partial charge in [0, 0.05) is 0 Å². The van der Waals surface area contributed by atoms with Crippen LogP contribution in [0.5, 0.6) is 0 Å². The number of aliphatic hydroxyl groups is 2. The lowest BCUT2D eigenvalue weighted by Crippen LogP contribution is -2.09. The molecule has 0 bridgehead atoms. The lowest BCUT2D eigenvalue weighted by molar-refractivity contribution is 0.0600. The van der Waals surface area contributed by atoms with Crippen LogP contribution in [0.15, 0.2) is 30.3 Å². The summed E-state index contributed by atoms with van der Waals surface area (Å²) in [5.41, 5.74) is 1.20. The summed E-state index contributed by atoms with van der Waals surface area (Å²) in [6.45, 7) is -0.275. The van der Waals surface area contributed by atoms with Gasteiger partial charge in [-0.05, 0) is 18.1 Å². The number of esters is 1. The quantitative estimate of drug-likeness (QED) is 0.755. The number of rotatable bonds is 5. The number of aliphatic hydroxyl groups excluding tert-OH is 2. The van der Waals surface area contributed by atoms with Crippen LogP contribution in [-0.4, -0.2) is 36.0 Å². The molecule has 2 N–H and O–H groups in total. The predicted octanol–water partition coefficient (Wildman–Crippen LogP) is 1.23. The Hall–Kier alpha value is -1.65. The lowest BCUT2D eigenvalue weighted by Gasteiger charge is -2.04. The molecule has 0 amide bonds. The van der Waals surface area contributed by atoms with Crippen LogP contribution in [0.1, 0.15) is 22.3 Å². The van der Waals surface area contributed by atoms with Crippen molar-refractivity contribution in [3.63, 3.8) is 0 Å². The average Bonchev–Trinajstić information content (AvgIpc) is 2.38. The minimum atomic E-state index is -0.767. The zero-order valence-electron chi connectivity index (χ0n) is 9.67. The molecule has 0 spiro atoms. The van der Waals surface area contributed by atoms with Crippen molar-refractivity contribution >= 4 is 12.0 Å². The summed E-state index contributed by atoms with van der Waals surface area (Å²) in [5, 5.41) is 17.8. The highest BCUT2D eigenvalue weighted by atomic mass is 16.5. The maximum Gasteiger partial charge on any atom is 0.338 e. The van der Waals surface area contributed by atoms with Gasteiger partial charge in [0.15, 0.2) is 0 Å². The summed E-state index contributed by atoms with van der Waals surface area (Å²) in [6.07, 6.45) is 3.01. The molecule has 1 rings (SSSR count). The molecule has 0 fully saturated rings. The minimum Gasteiger partial charge on any atom is -0.465 e. The van der Waals surface area contributed by atoms with Gasteiger partial charge in [0.25, 0.3) is 0 Å². The number of hydrogen-bond acceptors (Lipinski definition) is 4. The molecule has 1 aromatic carbocycles. The molecule has 0 aliphatic heterocycles. The Morgan fingerprint density at radius 2 is 2.18 bits per heavy atom. The number of hydrogen-bond donors (Lipinski definition) is 2. The first-order valence-corrected chi connectivity index (χ1v) is 5.32. The van der Waals surface area contributed by atoms with Gasteiger partial charge in [0.1, 0.15) is 0 Å². The van der Waals surface area contributed by atoms with Gasteiger partial charge in [-0.25, -0.2) is 4.79 Å². The normalized spacial score (nSPS) is 12.6. The van der Waals surface area contributed by atoms with E-state index >= 15 is 0 Å². The Labute approximate surface area is 100 Å². The molecule has 0 aliphatic rings. The smallest absolute Gasteiger partial charge is 0.338 e. The topological polar surface area (TPSA) is 66.8 Å². The Kier molecular flexibility index (Phi) is 5.39. The van der Waals surface area contributed by atoms with Crippen LogP contribution in [0, 0.1) is 0 Å². The zero-order chi connectivity index (χ0) is 12.7. The van der Waals surface area contributed by atoms with E-state index in [1.54, 1.807) is 30.4 Å². The molecule has 1 atom stereocenters. The van der Waals surface area contributed by atoms with E-state index in [1.807, 2.05) is 6.07 Å². The maximum atomic E-state index is 11.4. The first-order valence-electron chi connectivity index (χ1n) is 5.32. The third-order valence-corrected chi connectivity index (χ3v) is 2.28. The van der Waals surface area contributed by atoms with Crippen molar-refractivity contribution in [3.8, 4) is 0 Å². The predicted molar refractivity (Wildman–Crippen MR) is 64.5 cm³/mol. The van der Waals surface area contributed by atoms with Gasteiger partial charge in [-0.2, -0.15) is 0 Å². The SMILES string of the molecule is COC(=O)c1ccccc1/C=C/C[C@H](O)CO. The summed E-state index contributed by atoms with van der Waals surface area (Å²) < 4.78 is 4.66. The molecule has 0 saturated heterocycles. The van der Waals surface area contributed by atoms with Crippen molar-refractivity contribution in [1.82, 2.24) is 0 Å². The van der Waals surface area contributed by atoms with Crippen LogP contribution in [0.4, 0.5) is 0 Å². The number of carbonyl (C=O) groups is 1. The van der Waals surface area contributed by atoms with E-state index < -0.39 is 12.1 Å². The van der Waals surface area contributed by atoms with Crippen molar-refractivity contribution in [2.24, 2.45) is 0 Å². The van der Waals surface area contributed by atoms with Crippen molar-refractivity contribution in [2.75, 3.05) is 13.7 Å². The van der Waals surface area contributed by atoms with Gasteiger partial charge in [0.05, 0.1) is 25.4 Å². The van der Waals surface area contributed by atoms with Crippen LogP contribution in [0.2, 0.25) is 0 Å². The van der Waals surface area contributed by atoms with E-state index in [0.29, 0.717) is 12.0 Å². The van der Waals surface area contributed by atoms with Crippen molar-refractivity contribution in [2.45, 2.75) is 12.5 Å². The van der Waals surface area contributed by atoms with Crippen molar-refractivity contribution in [1.29, 1.82) is 0 Å². The fourth-order valence-corrected chi connectivity index (χ4v) is 1.36. The first-order chi connectivity index (χ1) is 8.19. The van der Waals surface area contributed by atoms with Crippen LogP contribution < -0.4 is 0 Å². The number of methoxy groups -OCH3 is 1. The molecule has 0 aromatic heterocycles. The van der Waals surface area contributed by atoms with E-state index in [2.05, 4.69) is 4.74 Å². The summed E-state index contributed by atoms with van der Waals surface area (Å²) in [5.74, 6) is -0.395. The van der Waals surface area contributed by atoms with Crippen LogP contribution in [0.3, 0.4) is 0 Å². The fourth-order valence-electron chi connectivity index (χ4n) is 1.36. The molecule has 17 heavy (non-hydrogen) atoms. The van der Waals surface area contributed by atoms with Gasteiger partial charge < -0.3 is 14.9 Å². The lowest BCUT2D eigenvalue weighted by atomic mass is 10.1. The monoisotopic (exact) mass is 236 g/mol. The van der Waals surface area contributed by atoms with Crippen LogP contribution >= 0.6 is 0 Å². The summed E-state index contributed by atoms with van der Waals surface area (Å²) >= 11 is 0. The summed E-state index contributed by atoms with van der Waals surface area (Å²) in [7, 11) is 1.33. The van der Waals surface area contributed by atoms with E-state index in [0.717, 1.165) is 5.56 Å². The Morgan fingerprint density at radius 3 is 2.82 bits per heavy atom. The second kappa shape index (κ2) is 6.83. The van der Waals surface area contributed by atoms with Gasteiger partial charge in [-0.1, -0.05) is 30.4 Å². The molecule has 4 heteroatoms. The van der Waals surface area contributed by atoms with Crippen LogP contribution in [-0.2, 0) is 4.74 Å². The standard InChI is InChI=1S/C13H16O4/c1-17-13(16)12-8-3-2-5-10(12)6-4-7-11(15)9-14/h2-6,8,11,14-15H,7,9H2,1H3/b6-4+/t11-/m0/s1. The third-order valence-electron chi connectivity index (χ3n) is 2.28. The molecule has 0 radical (unpaired) electrons. The average molecular weight is 236 g/mol. The highest BCUT2D eigenvalue weighted by molar-refractivity contribution is 5.93. The van der Waals surface area contributed by atoms with E-state index in [-0.39, 0.29) is 6.61 Å². The fraction of sp³-hybridized carbons (Fsp3) is 0.308. The van der Waals surface area contributed by atoms with Gasteiger partial charge in [-0.3, -0.25) is 0 Å². The van der Waals surface area contributed by atoms with Crippen molar-refractivity contribution in [3.05, 3.63) is 41.5 Å². The maximum absolute atomic E-state index is 11.4. The molecule has 92 valence electrons. The molecule has 1 aromatic rings. The zero-order valence-corrected chi connectivity index (χ0v) is 9.67. The third kappa shape index (κ3) is 4.01. The van der Waals surface area contributed by atoms with E-state index in [9.17, 15) is 4.79 Å². The Balaban J connectivity index is 2.80. The Bertz CT molecular complexity index is 398. The molecule has 0 aliphatic carbocycles. The molecular formula is C13H16O4. The van der Waals surface area contributed by atoms with Crippen molar-refractivity contribution < 1.29 is 19.7 Å². The minimum absolute atomic E-state index is 0.275. The highest BCUT2D eigenvalue weighted by Gasteiger charge is 2.08. The van der Waals surface area contributed by atoms with Gasteiger partial charge in [0.2, 0.25) is 0 Å². The number of carbonyl (C=O) groups excluding carboxylic acids is 1. The molecule has 0 heterocycles.